The van der Waals surface area contributed by atoms with Gasteiger partial charge in [0.05, 0.1) is 17.3 Å². The van der Waals surface area contributed by atoms with E-state index in [1.54, 1.807) is 25.4 Å². The molecule has 0 saturated carbocycles. The topological polar surface area (TPSA) is 142 Å². The molecule has 14 heteroatoms. The fraction of sp³-hybridized carbons (Fsp3) is 0.407. The summed E-state index contributed by atoms with van der Waals surface area (Å²) in [4.78, 5) is 30.0. The number of aromatic nitrogens is 3. The standard InChI is InChI=1S/C27H30Cl2FN5O6/c1-14(23-20(28)4-5-21(30)24(23)29)39-22-10-17(11-32-25(22)31)18-12-33-35(13-18)19-6-8-34(9-7-19)27(38)40-15(2)26(37)41-16(3)36/h4-5,10-16,19,36H,6-9H2,1-3H3,(H2,31,32)/t14-,15?,16?/m1/s1. The maximum absolute atomic E-state index is 14.0. The highest BCUT2D eigenvalue weighted by Gasteiger charge is 2.29. The molecule has 41 heavy (non-hydrogen) atoms. The minimum Gasteiger partial charge on any atom is -0.482 e. The smallest absolute Gasteiger partial charge is 0.410 e. The molecule has 1 aliphatic heterocycles. The van der Waals surface area contributed by atoms with Crippen molar-refractivity contribution in [3.05, 3.63) is 58.2 Å². The van der Waals surface area contributed by atoms with Crippen LogP contribution in [0.1, 0.15) is 51.3 Å². The lowest BCUT2D eigenvalue weighted by molar-refractivity contribution is -0.174. The normalized spacial score (nSPS) is 16.1. The van der Waals surface area contributed by atoms with Crippen LogP contribution in [0.25, 0.3) is 11.1 Å². The number of nitrogens with zero attached hydrogens (tertiary/aromatic N) is 4. The zero-order valence-corrected chi connectivity index (χ0v) is 24.1. The van der Waals surface area contributed by atoms with E-state index in [0.717, 1.165) is 5.56 Å². The number of aliphatic hydroxyl groups excluding tert-OH is 1. The van der Waals surface area contributed by atoms with Crippen molar-refractivity contribution in [2.75, 3.05) is 18.8 Å². The predicted octanol–water partition coefficient (Wildman–Crippen LogP) is 5.16. The monoisotopic (exact) mass is 609 g/mol. The maximum Gasteiger partial charge on any atom is 0.410 e. The molecule has 3 heterocycles. The van der Waals surface area contributed by atoms with Crippen LogP contribution in [0.15, 0.2) is 36.8 Å². The number of benzene rings is 1. The van der Waals surface area contributed by atoms with Gasteiger partial charge in [0.15, 0.2) is 24.0 Å². The van der Waals surface area contributed by atoms with Gasteiger partial charge < -0.3 is 30.0 Å². The molecular formula is C27H30Cl2FN5O6. The largest absolute Gasteiger partial charge is 0.482 e. The molecule has 220 valence electrons. The molecule has 0 aliphatic carbocycles. The van der Waals surface area contributed by atoms with Gasteiger partial charge in [0, 0.05) is 47.2 Å². The van der Waals surface area contributed by atoms with E-state index in [1.807, 2.05) is 10.9 Å². The van der Waals surface area contributed by atoms with Crippen molar-refractivity contribution < 1.29 is 33.3 Å². The summed E-state index contributed by atoms with van der Waals surface area (Å²) >= 11 is 12.4. The van der Waals surface area contributed by atoms with Gasteiger partial charge in [0.2, 0.25) is 0 Å². The number of amides is 1. The zero-order valence-electron chi connectivity index (χ0n) is 22.6. The Labute approximate surface area is 245 Å². The third-order valence-electron chi connectivity index (χ3n) is 6.60. The van der Waals surface area contributed by atoms with E-state index in [-0.39, 0.29) is 27.7 Å². The lowest BCUT2D eigenvalue weighted by Crippen LogP contribution is -2.42. The molecule has 1 aliphatic rings. The van der Waals surface area contributed by atoms with Crippen molar-refractivity contribution in [2.45, 2.75) is 58.2 Å². The minimum atomic E-state index is -1.29. The first kappa shape index (κ1) is 30.4. The summed E-state index contributed by atoms with van der Waals surface area (Å²) in [5.74, 6) is -1.01. The molecule has 1 amide bonds. The lowest BCUT2D eigenvalue weighted by atomic mass is 10.1. The molecule has 1 fully saturated rings. The van der Waals surface area contributed by atoms with Crippen molar-refractivity contribution in [3.63, 3.8) is 0 Å². The van der Waals surface area contributed by atoms with Crippen LogP contribution in [0.2, 0.25) is 10.0 Å². The number of hydrogen-bond acceptors (Lipinski definition) is 9. The Balaban J connectivity index is 1.39. The van der Waals surface area contributed by atoms with E-state index in [1.165, 1.54) is 30.9 Å². The highest BCUT2D eigenvalue weighted by atomic mass is 35.5. The number of anilines is 1. The quantitative estimate of drug-likeness (QED) is 0.201. The predicted molar refractivity (Wildman–Crippen MR) is 149 cm³/mol. The Hall–Kier alpha value is -3.61. The second-order valence-electron chi connectivity index (χ2n) is 9.61. The number of esters is 1. The summed E-state index contributed by atoms with van der Waals surface area (Å²) in [6.45, 7) is 5.16. The first-order chi connectivity index (χ1) is 19.4. The summed E-state index contributed by atoms with van der Waals surface area (Å²) < 4.78 is 31.6. The molecule has 2 unspecified atom stereocenters. The van der Waals surface area contributed by atoms with Crippen molar-refractivity contribution in [1.29, 1.82) is 0 Å². The van der Waals surface area contributed by atoms with E-state index < -0.39 is 36.4 Å². The average Bonchev–Trinajstić information content (AvgIpc) is 3.42. The van der Waals surface area contributed by atoms with Crippen LogP contribution in [0.4, 0.5) is 15.0 Å². The maximum atomic E-state index is 14.0. The molecule has 11 nitrogen and oxygen atoms in total. The van der Waals surface area contributed by atoms with Gasteiger partial charge in [-0.1, -0.05) is 23.2 Å². The number of ether oxygens (including phenoxy) is 3. The van der Waals surface area contributed by atoms with Gasteiger partial charge in [0.1, 0.15) is 11.9 Å². The molecule has 3 atom stereocenters. The fourth-order valence-electron chi connectivity index (χ4n) is 4.41. The van der Waals surface area contributed by atoms with Crippen molar-refractivity contribution in [1.82, 2.24) is 19.7 Å². The molecule has 0 radical (unpaired) electrons. The van der Waals surface area contributed by atoms with Gasteiger partial charge in [0.25, 0.3) is 0 Å². The zero-order chi connectivity index (χ0) is 29.8. The third kappa shape index (κ3) is 7.19. The Bertz CT molecular complexity index is 1410. The number of nitrogen functional groups attached to an aromatic ring is 1. The number of halogens is 3. The Morgan fingerprint density at radius 1 is 1.12 bits per heavy atom. The van der Waals surface area contributed by atoms with Gasteiger partial charge in [-0.05, 0) is 51.8 Å². The van der Waals surface area contributed by atoms with E-state index in [9.17, 15) is 14.0 Å². The number of piperidine rings is 1. The van der Waals surface area contributed by atoms with E-state index in [4.69, 9.17) is 43.5 Å². The third-order valence-corrected chi connectivity index (χ3v) is 7.31. The SMILES string of the molecule is CC(O)OC(=O)C(C)OC(=O)N1CCC(n2cc(-c3cnc(N)c(O[C@H](C)c4c(Cl)ccc(F)c4Cl)c3)cn2)CC1. The lowest BCUT2D eigenvalue weighted by Gasteiger charge is -2.32. The van der Waals surface area contributed by atoms with Gasteiger partial charge in [-0.15, -0.1) is 0 Å². The van der Waals surface area contributed by atoms with Crippen LogP contribution in [-0.4, -0.2) is 62.3 Å². The number of aliphatic hydroxyl groups is 1. The fourth-order valence-corrected chi connectivity index (χ4v) is 5.09. The van der Waals surface area contributed by atoms with Crippen LogP contribution < -0.4 is 10.5 Å². The van der Waals surface area contributed by atoms with Crippen molar-refractivity contribution in [3.8, 4) is 16.9 Å². The summed E-state index contributed by atoms with van der Waals surface area (Å²) in [5.41, 5.74) is 7.82. The molecule has 1 aromatic carbocycles. The first-order valence-electron chi connectivity index (χ1n) is 12.9. The summed E-state index contributed by atoms with van der Waals surface area (Å²) in [6.07, 6.45) is 2.61. The van der Waals surface area contributed by atoms with Crippen LogP contribution in [0, 0.1) is 5.82 Å². The number of likely N-dealkylation sites (tertiary alicyclic amines) is 1. The summed E-state index contributed by atoms with van der Waals surface area (Å²) in [6, 6.07) is 4.33. The summed E-state index contributed by atoms with van der Waals surface area (Å²) in [5, 5.41) is 13.8. The number of carbonyl (C=O) groups is 2. The number of hydrogen-bond donors (Lipinski definition) is 2. The average molecular weight is 610 g/mol. The molecular weight excluding hydrogens is 580 g/mol. The molecule has 1 saturated heterocycles. The van der Waals surface area contributed by atoms with Crippen molar-refractivity contribution >= 4 is 41.1 Å². The summed E-state index contributed by atoms with van der Waals surface area (Å²) in [7, 11) is 0. The van der Waals surface area contributed by atoms with Crippen molar-refractivity contribution in [2.24, 2.45) is 0 Å². The van der Waals surface area contributed by atoms with Gasteiger partial charge in [-0.3, -0.25) is 4.68 Å². The van der Waals surface area contributed by atoms with Gasteiger partial charge in [-0.2, -0.15) is 5.10 Å². The van der Waals surface area contributed by atoms with E-state index >= 15 is 0 Å². The van der Waals surface area contributed by atoms with Gasteiger partial charge in [-0.25, -0.2) is 19.0 Å². The van der Waals surface area contributed by atoms with Crippen LogP contribution in [0.3, 0.4) is 0 Å². The highest BCUT2D eigenvalue weighted by molar-refractivity contribution is 6.36. The van der Waals surface area contributed by atoms with E-state index in [2.05, 4.69) is 14.8 Å². The Morgan fingerprint density at radius 2 is 1.83 bits per heavy atom. The molecule has 4 rings (SSSR count). The molecule has 2 aromatic heterocycles. The molecule has 3 N–H and O–H groups in total. The van der Waals surface area contributed by atoms with Crippen LogP contribution in [-0.2, 0) is 14.3 Å². The highest BCUT2D eigenvalue weighted by Crippen LogP contribution is 2.37. The van der Waals surface area contributed by atoms with Crippen LogP contribution in [0.5, 0.6) is 5.75 Å². The Kier molecular flexibility index (Phi) is 9.57. The first-order valence-corrected chi connectivity index (χ1v) is 13.6. The van der Waals surface area contributed by atoms with E-state index in [0.29, 0.717) is 37.1 Å². The minimum absolute atomic E-state index is 0.0279. The number of nitrogens with two attached hydrogens (primary N) is 1. The Morgan fingerprint density at radius 3 is 2.51 bits per heavy atom. The number of carbonyl (C=O) groups excluding carboxylic acids is 2. The van der Waals surface area contributed by atoms with Crippen LogP contribution >= 0.6 is 23.2 Å². The molecule has 3 aromatic rings. The number of pyridine rings is 1. The number of rotatable bonds is 8. The molecule has 0 spiro atoms. The van der Waals surface area contributed by atoms with Gasteiger partial charge >= 0.3 is 12.1 Å². The molecule has 0 bridgehead atoms. The second-order valence-corrected chi connectivity index (χ2v) is 10.4. The second kappa shape index (κ2) is 12.9.